The Morgan fingerprint density at radius 1 is 1.29 bits per heavy atom. The van der Waals surface area contributed by atoms with Crippen molar-refractivity contribution >= 4 is 39.1 Å². The van der Waals surface area contributed by atoms with Gasteiger partial charge in [-0.05, 0) is 34.9 Å². The Balaban J connectivity index is 1.58. The second-order valence-corrected chi connectivity index (χ2v) is 8.48. The molecule has 184 valence electrons. The topological polar surface area (TPSA) is 249 Å². The van der Waals surface area contributed by atoms with Crippen molar-refractivity contribution in [2.45, 2.75) is 35.7 Å². The van der Waals surface area contributed by atoms with E-state index in [1.807, 2.05) is 0 Å². The Kier molecular flexibility index (Phi) is 6.24. The number of nitrogens with zero attached hydrogens (tertiary/aromatic N) is 7. The Morgan fingerprint density at radius 3 is 2.60 bits per heavy atom. The van der Waals surface area contributed by atoms with Crippen molar-refractivity contribution in [3.63, 3.8) is 0 Å². The molecule has 0 spiro atoms. The van der Waals surface area contributed by atoms with E-state index >= 15 is 0 Å². The van der Waals surface area contributed by atoms with Crippen LogP contribution >= 0.6 is 0 Å². The minimum Gasteiger partial charge on any atom is -0.429 e. The third-order valence-electron chi connectivity index (χ3n) is 5.03. The number of aromatic nitrogens is 4. The smallest absolute Gasteiger partial charge is 0.340 e. The van der Waals surface area contributed by atoms with E-state index in [-0.39, 0.29) is 28.5 Å². The average molecular weight is 510 g/mol. The lowest BCUT2D eigenvalue weighted by atomic mass is 10.1. The Hall–Kier alpha value is -3.93. The second kappa shape index (κ2) is 9.02. The maximum absolute atomic E-state index is 13.0. The van der Waals surface area contributed by atoms with Crippen molar-refractivity contribution < 1.29 is 41.9 Å². The molecular weight excluding hydrogens is 495 g/mol. The van der Waals surface area contributed by atoms with Crippen molar-refractivity contribution in [1.82, 2.24) is 19.5 Å². The van der Waals surface area contributed by atoms with Crippen LogP contribution in [0, 0.1) is 0 Å². The summed E-state index contributed by atoms with van der Waals surface area (Å²) < 4.78 is 46.1. The third kappa shape index (κ3) is 4.44. The Morgan fingerprint density at radius 2 is 1.97 bits per heavy atom. The summed E-state index contributed by atoms with van der Waals surface area (Å²) in [5.74, 6) is -1.59. The highest BCUT2D eigenvalue weighted by Crippen LogP contribution is 2.37. The normalized spacial score (nSPS) is 23.1. The van der Waals surface area contributed by atoms with Gasteiger partial charge in [-0.25, -0.2) is 19.7 Å². The molecule has 0 aliphatic carbocycles. The van der Waals surface area contributed by atoms with E-state index < -0.39 is 51.9 Å². The monoisotopic (exact) mass is 510 g/mol. The van der Waals surface area contributed by atoms with E-state index in [4.69, 9.17) is 20.7 Å². The van der Waals surface area contributed by atoms with Gasteiger partial charge in [-0.1, -0.05) is 0 Å². The molecule has 5 atom stereocenters. The number of hydrogen-bond acceptors (Lipinski definition) is 13. The van der Waals surface area contributed by atoms with Crippen LogP contribution in [0.25, 0.3) is 21.6 Å². The number of halogens is 1. The standard InChI is InChI=1S/C17H15FN8O8S/c18-35(31,32)7-3-1-6(2-4-7)15(29)34-16(30)11-9(27)10(28)14(33-11)26-13-8(12(19)21-5-22-13)23-17(26)24-25-20/h1-5,9-11,14,16,27-28,30H,(H2,19,21,22)/t9-,10+,11-,14+,16?/m0/s1. The van der Waals surface area contributed by atoms with Crippen LogP contribution in [0.3, 0.4) is 0 Å². The second-order valence-electron chi connectivity index (χ2n) is 7.13. The lowest BCUT2D eigenvalue weighted by Gasteiger charge is -2.21. The number of azide groups is 1. The van der Waals surface area contributed by atoms with Crippen molar-refractivity contribution in [3.8, 4) is 0 Å². The molecule has 18 heteroatoms. The maximum atomic E-state index is 13.0. The molecule has 0 radical (unpaired) electrons. The molecule has 1 unspecified atom stereocenters. The number of aliphatic hydroxyl groups is 3. The molecule has 16 nitrogen and oxygen atoms in total. The number of benzene rings is 1. The van der Waals surface area contributed by atoms with Gasteiger partial charge in [-0.3, -0.25) is 4.57 Å². The quantitative estimate of drug-likeness (QED) is 0.0840. The first kappa shape index (κ1) is 24.2. The van der Waals surface area contributed by atoms with E-state index in [1.165, 1.54) is 0 Å². The van der Waals surface area contributed by atoms with Crippen LogP contribution in [-0.2, 0) is 19.7 Å². The first-order valence-electron chi connectivity index (χ1n) is 9.51. The average Bonchev–Trinajstić information content (AvgIpc) is 3.31. The van der Waals surface area contributed by atoms with E-state index in [1.54, 1.807) is 0 Å². The fourth-order valence-electron chi connectivity index (χ4n) is 3.39. The van der Waals surface area contributed by atoms with Crippen molar-refractivity contribution in [1.29, 1.82) is 0 Å². The number of carbonyl (C=O) groups excluding carboxylic acids is 1. The Labute approximate surface area is 194 Å². The zero-order valence-corrected chi connectivity index (χ0v) is 18.0. The molecule has 35 heavy (non-hydrogen) atoms. The summed E-state index contributed by atoms with van der Waals surface area (Å²) in [4.78, 5) is 25.9. The number of anilines is 1. The lowest BCUT2D eigenvalue weighted by molar-refractivity contribution is -0.170. The molecule has 1 aromatic carbocycles. The largest absolute Gasteiger partial charge is 0.429 e. The van der Waals surface area contributed by atoms with Crippen LogP contribution in [0.4, 0.5) is 15.7 Å². The van der Waals surface area contributed by atoms with Gasteiger partial charge in [0.05, 0.1) is 10.5 Å². The summed E-state index contributed by atoms with van der Waals surface area (Å²) in [6.07, 6.45) is -7.82. The SMILES string of the molecule is [N-]=[N+]=Nc1nc2c(N)ncnc2n1[C@@H]1O[C@H](C(O)OC(=O)c2ccc(S(=O)(=O)F)cc2)[C@@H](O)[C@H]1O. The fraction of sp³-hybridized carbons (Fsp3) is 0.294. The van der Waals surface area contributed by atoms with Crippen LogP contribution < -0.4 is 5.73 Å². The molecule has 5 N–H and O–H groups in total. The zero-order chi connectivity index (χ0) is 25.5. The van der Waals surface area contributed by atoms with Crippen molar-refractivity contribution in [3.05, 3.63) is 46.6 Å². The van der Waals surface area contributed by atoms with E-state index in [0.29, 0.717) is 0 Å². The molecule has 2 aromatic heterocycles. The molecule has 4 rings (SSSR count). The minimum atomic E-state index is -4.99. The summed E-state index contributed by atoms with van der Waals surface area (Å²) in [6.45, 7) is 0. The van der Waals surface area contributed by atoms with Crippen LogP contribution in [0.15, 0.2) is 40.6 Å². The highest BCUT2D eigenvalue weighted by molar-refractivity contribution is 7.86. The van der Waals surface area contributed by atoms with Gasteiger partial charge in [0, 0.05) is 4.91 Å². The highest BCUT2D eigenvalue weighted by Gasteiger charge is 2.49. The third-order valence-corrected chi connectivity index (χ3v) is 5.87. The summed E-state index contributed by atoms with van der Waals surface area (Å²) in [7, 11) is -4.99. The molecule has 1 aliphatic rings. The lowest BCUT2D eigenvalue weighted by Crippen LogP contribution is -2.41. The number of imidazole rings is 1. The first-order chi connectivity index (χ1) is 16.5. The van der Waals surface area contributed by atoms with Crippen molar-refractivity contribution in [2.75, 3.05) is 5.73 Å². The number of esters is 1. The number of aliphatic hydroxyl groups excluding tert-OH is 3. The van der Waals surface area contributed by atoms with Crippen LogP contribution in [0.2, 0.25) is 0 Å². The summed E-state index contributed by atoms with van der Waals surface area (Å²) in [5.41, 5.74) is 14.3. The molecule has 1 aliphatic heterocycles. The van der Waals surface area contributed by atoms with E-state index in [2.05, 4.69) is 25.0 Å². The van der Waals surface area contributed by atoms with Crippen LogP contribution in [0.5, 0.6) is 0 Å². The molecule has 3 heterocycles. The number of hydrogen-bond donors (Lipinski definition) is 4. The molecule has 1 saturated heterocycles. The number of ether oxygens (including phenoxy) is 2. The number of fused-ring (bicyclic) bond motifs is 1. The van der Waals surface area contributed by atoms with Gasteiger partial charge < -0.3 is 30.5 Å². The van der Waals surface area contributed by atoms with E-state index in [9.17, 15) is 32.4 Å². The highest BCUT2D eigenvalue weighted by atomic mass is 32.3. The van der Waals surface area contributed by atoms with Gasteiger partial charge in [-0.15, -0.1) is 3.89 Å². The number of rotatable bonds is 6. The van der Waals surface area contributed by atoms with Gasteiger partial charge in [0.1, 0.15) is 18.5 Å². The minimum absolute atomic E-state index is 0.00866. The van der Waals surface area contributed by atoms with Gasteiger partial charge >= 0.3 is 16.2 Å². The van der Waals surface area contributed by atoms with Crippen molar-refractivity contribution in [2.24, 2.45) is 5.11 Å². The number of nitrogens with two attached hydrogens (primary N) is 1. The summed E-state index contributed by atoms with van der Waals surface area (Å²) in [5, 5.41) is 34.7. The maximum Gasteiger partial charge on any atom is 0.340 e. The molecule has 0 amide bonds. The number of carbonyl (C=O) groups is 1. The van der Waals surface area contributed by atoms with E-state index in [0.717, 1.165) is 35.2 Å². The first-order valence-corrected chi connectivity index (χ1v) is 10.9. The molecular formula is C17H15FN8O8S. The predicted molar refractivity (Wildman–Crippen MR) is 111 cm³/mol. The van der Waals surface area contributed by atoms with Gasteiger partial charge in [0.15, 0.2) is 29.3 Å². The number of nitrogen functional groups attached to an aromatic ring is 1. The molecule has 1 fully saturated rings. The summed E-state index contributed by atoms with van der Waals surface area (Å²) in [6, 6.07) is 3.51. The van der Waals surface area contributed by atoms with Gasteiger partial charge in [0.25, 0.3) is 0 Å². The molecule has 0 bridgehead atoms. The van der Waals surface area contributed by atoms with Gasteiger partial charge in [0.2, 0.25) is 12.2 Å². The van der Waals surface area contributed by atoms with Crippen LogP contribution in [0.1, 0.15) is 16.6 Å². The zero-order valence-electron chi connectivity index (χ0n) is 17.2. The van der Waals surface area contributed by atoms with Gasteiger partial charge in [-0.2, -0.15) is 8.42 Å². The molecule has 0 saturated carbocycles. The fourth-order valence-corrected chi connectivity index (χ4v) is 3.85. The Bertz CT molecular complexity index is 1440. The summed E-state index contributed by atoms with van der Waals surface area (Å²) >= 11 is 0. The molecule has 3 aromatic rings. The predicted octanol–water partition coefficient (Wildman–Crippen LogP) is -0.197. The van der Waals surface area contributed by atoms with Crippen LogP contribution in [-0.4, -0.2) is 73.8 Å².